The summed E-state index contributed by atoms with van der Waals surface area (Å²) < 4.78 is 7.43. The molecule has 1 fully saturated rings. The summed E-state index contributed by atoms with van der Waals surface area (Å²) in [7, 11) is 1.69. The van der Waals surface area contributed by atoms with E-state index >= 15 is 0 Å². The van der Waals surface area contributed by atoms with E-state index in [1.165, 1.54) is 12.1 Å². The van der Waals surface area contributed by atoms with Crippen molar-refractivity contribution in [2.45, 2.75) is 25.9 Å². The molecule has 1 aliphatic heterocycles. The molecule has 3 rings (SSSR count). The van der Waals surface area contributed by atoms with Crippen LogP contribution in [0.4, 0.5) is 0 Å². The monoisotopic (exact) mass is 300 g/mol. The Morgan fingerprint density at radius 1 is 1.32 bits per heavy atom. The van der Waals surface area contributed by atoms with Crippen LogP contribution in [-0.2, 0) is 6.54 Å². The molecule has 0 saturated carbocycles. The van der Waals surface area contributed by atoms with Crippen LogP contribution in [0.25, 0.3) is 5.69 Å². The predicted molar refractivity (Wildman–Crippen MR) is 87.1 cm³/mol. The summed E-state index contributed by atoms with van der Waals surface area (Å²) in [5, 5.41) is 4.49. The lowest BCUT2D eigenvalue weighted by Crippen LogP contribution is -2.28. The van der Waals surface area contributed by atoms with E-state index in [1.807, 2.05) is 35.1 Å². The van der Waals surface area contributed by atoms with Crippen molar-refractivity contribution in [1.82, 2.24) is 14.7 Å². The van der Waals surface area contributed by atoms with Crippen molar-refractivity contribution >= 4 is 0 Å². The lowest BCUT2D eigenvalue weighted by Gasteiger charge is -2.21. The number of nitrogens with two attached hydrogens (primary N) is 1. The van der Waals surface area contributed by atoms with Crippen LogP contribution in [0.2, 0.25) is 0 Å². The highest BCUT2D eigenvalue weighted by molar-refractivity contribution is 5.46. The van der Waals surface area contributed by atoms with Gasteiger partial charge in [0.1, 0.15) is 11.4 Å². The third kappa shape index (κ3) is 2.87. The smallest absolute Gasteiger partial charge is 0.144 e. The maximum Gasteiger partial charge on any atom is 0.144 e. The summed E-state index contributed by atoms with van der Waals surface area (Å²) in [4.78, 5) is 2.49. The average Bonchev–Trinajstić information content (AvgIpc) is 3.14. The van der Waals surface area contributed by atoms with Crippen LogP contribution < -0.4 is 10.5 Å². The molecule has 2 atom stereocenters. The predicted octanol–water partition coefficient (Wildman–Crippen LogP) is 2.05. The first-order valence-electron chi connectivity index (χ1n) is 7.83. The van der Waals surface area contributed by atoms with Gasteiger partial charge in [-0.25, -0.2) is 4.68 Å². The molecule has 1 aromatic heterocycles. The lowest BCUT2D eigenvalue weighted by atomic mass is 10.1. The quantitative estimate of drug-likeness (QED) is 0.918. The Bertz CT molecular complexity index is 625. The number of likely N-dealkylation sites (tertiary alicyclic amines) is 1. The molecule has 5 heteroatoms. The van der Waals surface area contributed by atoms with Gasteiger partial charge < -0.3 is 10.5 Å². The highest BCUT2D eigenvalue weighted by Gasteiger charge is 2.28. The number of para-hydroxylation sites is 2. The van der Waals surface area contributed by atoms with Gasteiger partial charge in [-0.15, -0.1) is 0 Å². The highest BCUT2D eigenvalue weighted by Crippen LogP contribution is 2.27. The zero-order valence-electron chi connectivity index (χ0n) is 13.3. The fourth-order valence-electron chi connectivity index (χ4n) is 3.29. The minimum atomic E-state index is 0.564. The van der Waals surface area contributed by atoms with Crippen molar-refractivity contribution in [3.63, 3.8) is 0 Å². The molecule has 2 aromatic rings. The summed E-state index contributed by atoms with van der Waals surface area (Å²) in [6.07, 6.45) is 3.03. The van der Waals surface area contributed by atoms with E-state index in [9.17, 15) is 0 Å². The van der Waals surface area contributed by atoms with Gasteiger partial charge in [0.25, 0.3) is 0 Å². The number of aromatic nitrogens is 2. The Labute approximate surface area is 131 Å². The zero-order chi connectivity index (χ0) is 15.5. The van der Waals surface area contributed by atoms with Crippen LogP contribution in [-0.4, -0.2) is 40.9 Å². The number of nitrogens with zero attached hydrogens (tertiary/aromatic N) is 3. The Balaban J connectivity index is 1.84. The van der Waals surface area contributed by atoms with Crippen molar-refractivity contribution in [1.29, 1.82) is 0 Å². The standard InChI is InChI=1S/C17H24N4O/c1-13-9-14(10-18)11-20(13)12-15-7-8-19-21(15)16-5-3-4-6-17(16)22-2/h3-8,13-14H,9-12,18H2,1-2H3. The maximum atomic E-state index is 5.83. The van der Waals surface area contributed by atoms with Crippen molar-refractivity contribution in [2.75, 3.05) is 20.2 Å². The maximum absolute atomic E-state index is 5.83. The van der Waals surface area contributed by atoms with E-state index in [0.29, 0.717) is 12.0 Å². The molecule has 0 aliphatic carbocycles. The van der Waals surface area contributed by atoms with Crippen LogP contribution in [0.5, 0.6) is 5.75 Å². The van der Waals surface area contributed by atoms with Crippen LogP contribution in [0.15, 0.2) is 36.5 Å². The third-order valence-electron chi connectivity index (χ3n) is 4.52. The molecule has 1 aromatic carbocycles. The minimum Gasteiger partial charge on any atom is -0.494 e. The van der Waals surface area contributed by atoms with Gasteiger partial charge in [-0.1, -0.05) is 12.1 Å². The third-order valence-corrected chi connectivity index (χ3v) is 4.52. The molecular formula is C17H24N4O. The molecule has 118 valence electrons. The highest BCUT2D eigenvalue weighted by atomic mass is 16.5. The number of hydrogen-bond acceptors (Lipinski definition) is 4. The Kier molecular flexibility index (Phi) is 4.45. The van der Waals surface area contributed by atoms with Gasteiger partial charge >= 0.3 is 0 Å². The number of benzene rings is 1. The summed E-state index contributed by atoms with van der Waals surface area (Å²) in [6, 6.07) is 10.6. The first-order valence-corrected chi connectivity index (χ1v) is 7.83. The summed E-state index contributed by atoms with van der Waals surface area (Å²) in [5.74, 6) is 1.44. The topological polar surface area (TPSA) is 56.3 Å². The van der Waals surface area contributed by atoms with E-state index < -0.39 is 0 Å². The van der Waals surface area contributed by atoms with Gasteiger partial charge in [0.15, 0.2) is 0 Å². The fraction of sp³-hybridized carbons (Fsp3) is 0.471. The van der Waals surface area contributed by atoms with E-state index in [2.05, 4.69) is 23.0 Å². The molecular weight excluding hydrogens is 276 g/mol. The second kappa shape index (κ2) is 6.50. The lowest BCUT2D eigenvalue weighted by molar-refractivity contribution is 0.250. The molecule has 2 N–H and O–H groups in total. The van der Waals surface area contributed by atoms with E-state index in [0.717, 1.165) is 31.1 Å². The van der Waals surface area contributed by atoms with Crippen LogP contribution in [0.1, 0.15) is 19.0 Å². The molecule has 1 aliphatic rings. The van der Waals surface area contributed by atoms with Crippen molar-refractivity contribution in [3.8, 4) is 11.4 Å². The molecule has 2 unspecified atom stereocenters. The first-order chi connectivity index (χ1) is 10.7. The average molecular weight is 300 g/mol. The molecule has 22 heavy (non-hydrogen) atoms. The number of rotatable bonds is 5. The Morgan fingerprint density at radius 2 is 2.14 bits per heavy atom. The first kappa shape index (κ1) is 15.1. The van der Waals surface area contributed by atoms with Gasteiger partial charge in [-0.3, -0.25) is 4.90 Å². The van der Waals surface area contributed by atoms with Crippen LogP contribution >= 0.6 is 0 Å². The Hall–Kier alpha value is -1.85. The van der Waals surface area contributed by atoms with E-state index in [4.69, 9.17) is 10.5 Å². The van der Waals surface area contributed by atoms with Gasteiger partial charge in [-0.2, -0.15) is 5.10 Å². The van der Waals surface area contributed by atoms with Crippen LogP contribution in [0, 0.1) is 5.92 Å². The minimum absolute atomic E-state index is 0.564. The summed E-state index contributed by atoms with van der Waals surface area (Å²) in [5.41, 5.74) is 7.98. The fourth-order valence-corrected chi connectivity index (χ4v) is 3.29. The molecule has 5 nitrogen and oxygen atoms in total. The zero-order valence-corrected chi connectivity index (χ0v) is 13.3. The molecule has 0 radical (unpaired) electrons. The molecule has 0 spiro atoms. The molecule has 0 amide bonds. The molecule has 1 saturated heterocycles. The molecule has 2 heterocycles. The second-order valence-corrected chi connectivity index (χ2v) is 6.02. The van der Waals surface area contributed by atoms with Crippen molar-refractivity contribution in [2.24, 2.45) is 11.7 Å². The SMILES string of the molecule is COc1ccccc1-n1nccc1CN1CC(CN)CC1C. The van der Waals surface area contributed by atoms with Gasteiger partial charge in [0.2, 0.25) is 0 Å². The number of methoxy groups -OCH3 is 1. The van der Waals surface area contributed by atoms with Gasteiger partial charge in [-0.05, 0) is 44.0 Å². The van der Waals surface area contributed by atoms with E-state index in [-0.39, 0.29) is 0 Å². The van der Waals surface area contributed by atoms with Gasteiger partial charge in [0.05, 0.1) is 12.8 Å². The van der Waals surface area contributed by atoms with E-state index in [1.54, 1.807) is 7.11 Å². The summed E-state index contributed by atoms with van der Waals surface area (Å²) in [6.45, 7) is 5.00. The van der Waals surface area contributed by atoms with Crippen molar-refractivity contribution in [3.05, 3.63) is 42.2 Å². The molecule has 0 bridgehead atoms. The largest absolute Gasteiger partial charge is 0.494 e. The Morgan fingerprint density at radius 3 is 2.86 bits per heavy atom. The van der Waals surface area contributed by atoms with Crippen molar-refractivity contribution < 1.29 is 4.74 Å². The normalized spacial score (nSPS) is 22.1. The summed E-state index contributed by atoms with van der Waals surface area (Å²) >= 11 is 0. The number of hydrogen-bond donors (Lipinski definition) is 1. The van der Waals surface area contributed by atoms with Gasteiger partial charge in [0, 0.05) is 25.3 Å². The second-order valence-electron chi connectivity index (χ2n) is 6.02. The number of ether oxygens (including phenoxy) is 1. The van der Waals surface area contributed by atoms with Crippen LogP contribution in [0.3, 0.4) is 0 Å².